The molecule has 0 saturated carbocycles. The minimum absolute atomic E-state index is 0.0111. The van der Waals surface area contributed by atoms with Crippen LogP contribution in [0.25, 0.3) is 0 Å². The molecule has 1 N–H and O–H groups in total. The molecule has 2 aliphatic rings. The fourth-order valence-corrected chi connectivity index (χ4v) is 5.70. The molecule has 1 saturated heterocycles. The number of carbonyl (C=O) groups is 3. The van der Waals surface area contributed by atoms with Crippen LogP contribution in [-0.4, -0.2) is 40.7 Å². The SMILES string of the molecule is CCC1c2ccsc2CCN1C(=O)CN1C(=O)NC(C)(c2cccs2)C1=O. The van der Waals surface area contributed by atoms with Gasteiger partial charge in [0.25, 0.3) is 5.91 Å². The molecule has 1 fully saturated rings. The molecule has 2 aromatic rings. The van der Waals surface area contributed by atoms with Gasteiger partial charge in [-0.05, 0) is 48.2 Å². The van der Waals surface area contributed by atoms with Crippen LogP contribution >= 0.6 is 22.7 Å². The molecule has 0 radical (unpaired) electrons. The van der Waals surface area contributed by atoms with E-state index in [9.17, 15) is 14.4 Å². The first kappa shape index (κ1) is 18.2. The summed E-state index contributed by atoms with van der Waals surface area (Å²) in [6.45, 7) is 4.15. The van der Waals surface area contributed by atoms with Crippen molar-refractivity contribution in [3.8, 4) is 0 Å². The highest BCUT2D eigenvalue weighted by atomic mass is 32.1. The average Bonchev–Trinajstić information content (AvgIpc) is 3.38. The Hall–Kier alpha value is -2.19. The highest BCUT2D eigenvalue weighted by molar-refractivity contribution is 7.10. The van der Waals surface area contributed by atoms with E-state index in [0.717, 1.165) is 22.6 Å². The van der Waals surface area contributed by atoms with E-state index in [1.165, 1.54) is 21.8 Å². The van der Waals surface area contributed by atoms with Gasteiger partial charge in [-0.1, -0.05) is 13.0 Å². The zero-order chi connectivity index (χ0) is 19.2. The summed E-state index contributed by atoms with van der Waals surface area (Å²) < 4.78 is 0. The van der Waals surface area contributed by atoms with Crippen LogP contribution in [0.3, 0.4) is 0 Å². The van der Waals surface area contributed by atoms with Crippen molar-refractivity contribution in [3.05, 3.63) is 44.3 Å². The van der Waals surface area contributed by atoms with Gasteiger partial charge in [0.2, 0.25) is 5.91 Å². The van der Waals surface area contributed by atoms with E-state index in [2.05, 4.69) is 23.7 Å². The summed E-state index contributed by atoms with van der Waals surface area (Å²) in [5.41, 5.74) is 0.0979. The molecule has 8 heteroatoms. The Kier molecular flexibility index (Phi) is 4.55. The summed E-state index contributed by atoms with van der Waals surface area (Å²) in [6.07, 6.45) is 1.63. The second kappa shape index (κ2) is 6.76. The molecular formula is C19H21N3O3S2. The maximum atomic E-state index is 13.0. The van der Waals surface area contributed by atoms with Crippen molar-refractivity contribution in [1.82, 2.24) is 15.1 Å². The lowest BCUT2D eigenvalue weighted by molar-refractivity contribution is -0.140. The van der Waals surface area contributed by atoms with Crippen LogP contribution in [0.5, 0.6) is 0 Å². The molecule has 4 heterocycles. The minimum atomic E-state index is -1.10. The maximum absolute atomic E-state index is 13.0. The Labute approximate surface area is 165 Å². The van der Waals surface area contributed by atoms with Gasteiger partial charge in [0.05, 0.1) is 6.04 Å². The van der Waals surface area contributed by atoms with E-state index in [-0.39, 0.29) is 24.4 Å². The van der Waals surface area contributed by atoms with Gasteiger partial charge in [-0.3, -0.25) is 14.5 Å². The van der Waals surface area contributed by atoms with Crippen molar-refractivity contribution in [1.29, 1.82) is 0 Å². The number of carbonyl (C=O) groups excluding carboxylic acids is 3. The molecule has 2 unspecified atom stereocenters. The zero-order valence-electron chi connectivity index (χ0n) is 15.2. The van der Waals surface area contributed by atoms with Crippen molar-refractivity contribution < 1.29 is 14.4 Å². The fourth-order valence-electron chi connectivity index (χ4n) is 3.93. The number of hydrogen-bond acceptors (Lipinski definition) is 5. The van der Waals surface area contributed by atoms with Crippen molar-refractivity contribution in [2.75, 3.05) is 13.1 Å². The summed E-state index contributed by atoms with van der Waals surface area (Å²) in [5.74, 6) is -0.554. The quantitative estimate of drug-likeness (QED) is 0.798. The van der Waals surface area contributed by atoms with Crippen LogP contribution in [0.1, 0.15) is 41.6 Å². The largest absolute Gasteiger partial charge is 0.334 e. The van der Waals surface area contributed by atoms with Gasteiger partial charge in [-0.2, -0.15) is 0 Å². The van der Waals surface area contributed by atoms with Crippen LogP contribution in [-0.2, 0) is 21.5 Å². The summed E-state index contributed by atoms with van der Waals surface area (Å²) in [4.78, 5) is 43.4. The third kappa shape index (κ3) is 2.87. The van der Waals surface area contributed by atoms with Crippen LogP contribution < -0.4 is 5.32 Å². The van der Waals surface area contributed by atoms with Gasteiger partial charge in [0, 0.05) is 16.3 Å². The third-order valence-corrected chi connectivity index (χ3v) is 7.47. The Balaban J connectivity index is 1.53. The number of fused-ring (bicyclic) bond motifs is 1. The van der Waals surface area contributed by atoms with Gasteiger partial charge in [0.1, 0.15) is 6.54 Å². The van der Waals surface area contributed by atoms with Crippen molar-refractivity contribution >= 4 is 40.5 Å². The number of rotatable bonds is 4. The van der Waals surface area contributed by atoms with Crippen molar-refractivity contribution in [2.24, 2.45) is 0 Å². The highest BCUT2D eigenvalue weighted by Gasteiger charge is 2.50. The predicted octanol–water partition coefficient (Wildman–Crippen LogP) is 3.11. The molecule has 142 valence electrons. The molecular weight excluding hydrogens is 382 g/mol. The van der Waals surface area contributed by atoms with Gasteiger partial charge in [-0.15, -0.1) is 22.7 Å². The predicted molar refractivity (Wildman–Crippen MR) is 105 cm³/mol. The monoisotopic (exact) mass is 403 g/mol. The summed E-state index contributed by atoms with van der Waals surface area (Å²) in [6, 6.07) is 5.25. The topological polar surface area (TPSA) is 69.7 Å². The van der Waals surface area contributed by atoms with E-state index in [1.807, 2.05) is 22.4 Å². The smallest absolute Gasteiger partial charge is 0.325 e. The first-order valence-electron chi connectivity index (χ1n) is 8.99. The summed E-state index contributed by atoms with van der Waals surface area (Å²) in [5, 5.41) is 6.68. The van der Waals surface area contributed by atoms with E-state index < -0.39 is 11.6 Å². The first-order valence-corrected chi connectivity index (χ1v) is 10.8. The number of imide groups is 1. The Morgan fingerprint density at radius 3 is 2.81 bits per heavy atom. The third-order valence-electron chi connectivity index (χ3n) is 5.38. The molecule has 2 aromatic heterocycles. The number of thiophene rings is 2. The lowest BCUT2D eigenvalue weighted by Gasteiger charge is -2.36. The summed E-state index contributed by atoms with van der Waals surface area (Å²) >= 11 is 3.14. The molecule has 0 aromatic carbocycles. The Bertz CT molecular complexity index is 892. The molecule has 2 atom stereocenters. The second-order valence-corrected chi connectivity index (χ2v) is 8.93. The Morgan fingerprint density at radius 1 is 1.30 bits per heavy atom. The summed E-state index contributed by atoms with van der Waals surface area (Å²) in [7, 11) is 0. The number of nitrogens with zero attached hydrogens (tertiary/aromatic N) is 2. The highest BCUT2D eigenvalue weighted by Crippen LogP contribution is 2.36. The minimum Gasteiger partial charge on any atom is -0.334 e. The molecule has 0 bridgehead atoms. The molecule has 0 aliphatic carbocycles. The number of amides is 4. The van der Waals surface area contributed by atoms with Gasteiger partial charge in [-0.25, -0.2) is 4.79 Å². The van der Waals surface area contributed by atoms with E-state index >= 15 is 0 Å². The van der Waals surface area contributed by atoms with Crippen molar-refractivity contribution in [3.63, 3.8) is 0 Å². The lowest BCUT2D eigenvalue weighted by atomic mass is 9.97. The van der Waals surface area contributed by atoms with Gasteiger partial charge in [0.15, 0.2) is 5.54 Å². The van der Waals surface area contributed by atoms with Gasteiger partial charge < -0.3 is 10.2 Å². The molecule has 4 rings (SSSR count). The van der Waals surface area contributed by atoms with E-state index in [0.29, 0.717) is 6.54 Å². The van der Waals surface area contributed by atoms with Crippen molar-refractivity contribution in [2.45, 2.75) is 38.3 Å². The number of hydrogen-bond donors (Lipinski definition) is 1. The van der Waals surface area contributed by atoms with Crippen LogP contribution in [0, 0.1) is 0 Å². The van der Waals surface area contributed by atoms with E-state index in [1.54, 1.807) is 18.3 Å². The van der Waals surface area contributed by atoms with Crippen LogP contribution in [0.4, 0.5) is 4.79 Å². The zero-order valence-corrected chi connectivity index (χ0v) is 16.9. The number of nitrogens with one attached hydrogen (secondary N) is 1. The molecule has 27 heavy (non-hydrogen) atoms. The van der Waals surface area contributed by atoms with E-state index in [4.69, 9.17) is 0 Å². The fraction of sp³-hybridized carbons (Fsp3) is 0.421. The first-order chi connectivity index (χ1) is 13.0. The van der Waals surface area contributed by atoms with Crippen LogP contribution in [0.15, 0.2) is 29.0 Å². The van der Waals surface area contributed by atoms with Crippen LogP contribution in [0.2, 0.25) is 0 Å². The Morgan fingerprint density at radius 2 is 2.11 bits per heavy atom. The molecule has 4 amide bonds. The lowest BCUT2D eigenvalue weighted by Crippen LogP contribution is -2.47. The molecule has 0 spiro atoms. The van der Waals surface area contributed by atoms with Gasteiger partial charge >= 0.3 is 6.03 Å². The molecule has 6 nitrogen and oxygen atoms in total. The standard InChI is InChI=1S/C19H21N3O3S2/c1-3-13-12-7-10-26-14(12)6-8-21(13)16(23)11-22-17(24)19(2,20-18(22)25)15-5-4-9-27-15/h4-5,7,9-10,13H,3,6,8,11H2,1-2H3,(H,20,25). The number of urea groups is 1. The maximum Gasteiger partial charge on any atom is 0.325 e. The molecule has 2 aliphatic heterocycles. The average molecular weight is 404 g/mol. The normalized spacial score (nSPS) is 24.9. The second-order valence-electron chi connectivity index (χ2n) is 6.98.